The van der Waals surface area contributed by atoms with Gasteiger partial charge in [-0.15, -0.1) is 6.58 Å². The zero-order valence-electron chi connectivity index (χ0n) is 30.4. The normalized spacial score (nSPS) is 34.8. The van der Waals surface area contributed by atoms with Crippen molar-refractivity contribution in [2.75, 3.05) is 13.2 Å². The highest BCUT2D eigenvalue weighted by atomic mass is 16.7. The molecule has 0 aromatic heterocycles. The highest BCUT2D eigenvalue weighted by molar-refractivity contribution is 5.87. The molecule has 2 aromatic rings. The lowest BCUT2D eigenvalue weighted by Gasteiger charge is -2.63. The van der Waals surface area contributed by atoms with Crippen LogP contribution in [0.25, 0.3) is 0 Å². The van der Waals surface area contributed by atoms with Crippen LogP contribution in [-0.4, -0.2) is 36.7 Å². The second-order valence-corrected chi connectivity index (χ2v) is 16.8. The molecule has 1 saturated heterocycles. The van der Waals surface area contributed by atoms with Gasteiger partial charge in [-0.1, -0.05) is 126 Å². The Morgan fingerprint density at radius 3 is 2.16 bits per heavy atom. The molecular formula is C44H58O5. The maximum atomic E-state index is 16.1. The number of aliphatic hydroxyl groups excluding tert-OH is 1. The highest BCUT2D eigenvalue weighted by Crippen LogP contribution is 2.85. The van der Waals surface area contributed by atoms with Crippen molar-refractivity contribution in [1.82, 2.24) is 0 Å². The van der Waals surface area contributed by atoms with E-state index in [1.54, 1.807) is 0 Å². The van der Waals surface area contributed by atoms with E-state index in [-0.39, 0.29) is 29.6 Å². The van der Waals surface area contributed by atoms with Gasteiger partial charge in [-0.3, -0.25) is 4.79 Å². The molecule has 3 saturated carbocycles. The molecule has 1 aliphatic heterocycles. The summed E-state index contributed by atoms with van der Waals surface area (Å²) in [4.78, 5) is 16.1. The van der Waals surface area contributed by atoms with Gasteiger partial charge >= 0.3 is 5.97 Å². The molecule has 9 atom stereocenters. The maximum absolute atomic E-state index is 16.1. The van der Waals surface area contributed by atoms with Gasteiger partial charge in [0.2, 0.25) is 0 Å². The molecule has 1 heterocycles. The van der Waals surface area contributed by atoms with Crippen molar-refractivity contribution in [3.8, 4) is 0 Å². The number of carbonyl (C=O) groups excluding carboxylic acids is 1. The summed E-state index contributed by atoms with van der Waals surface area (Å²) < 4.78 is 20.3. The van der Waals surface area contributed by atoms with Gasteiger partial charge in [-0.25, -0.2) is 0 Å². The van der Waals surface area contributed by atoms with Crippen LogP contribution in [0.2, 0.25) is 0 Å². The van der Waals surface area contributed by atoms with Crippen LogP contribution in [0.4, 0.5) is 0 Å². The summed E-state index contributed by atoms with van der Waals surface area (Å²) in [6.07, 6.45) is 9.05. The number of fused-ring (bicyclic) bond motifs is 2. The van der Waals surface area contributed by atoms with Gasteiger partial charge in [0.05, 0.1) is 19.3 Å². The first-order valence-corrected chi connectivity index (χ1v) is 19.2. The zero-order chi connectivity index (χ0) is 34.6. The minimum absolute atomic E-state index is 0.0283. The number of esters is 1. The van der Waals surface area contributed by atoms with Gasteiger partial charge in [0.25, 0.3) is 0 Å². The quantitative estimate of drug-likeness (QED) is 0.171. The van der Waals surface area contributed by atoms with Crippen LogP contribution in [0.3, 0.4) is 0 Å². The molecule has 4 fully saturated rings. The van der Waals surface area contributed by atoms with Crippen molar-refractivity contribution in [1.29, 1.82) is 0 Å². The Hall–Kier alpha value is -2.73. The monoisotopic (exact) mass is 666 g/mol. The average Bonchev–Trinajstić information content (AvgIpc) is 3.88. The van der Waals surface area contributed by atoms with Crippen LogP contribution in [0.5, 0.6) is 0 Å². The standard InChI is InChI=1S/C44H58O5/c1-7-31(20-18-28(2)3)24-38(45)42-27-35-30(6)19-21-36(35)43(41-47-22-23-48-41)26-34(42)25-37(29(4)5)44(42,43)40(46)49-39(32-14-10-8-11-15-32)33-16-12-9-13-17-33/h7-17,25,28-31,34-36,38-39,41,45H,1,18-24,26-27H2,2-6H3/t30-,31?,34?,35-,36-,38?,42?,43?,44-/m1/s1. The molecule has 4 bridgehead atoms. The number of allylic oxidation sites excluding steroid dienone is 2. The Morgan fingerprint density at radius 2 is 1.59 bits per heavy atom. The third-order valence-corrected chi connectivity index (χ3v) is 13.8. The smallest absolute Gasteiger partial charge is 0.318 e. The Balaban J connectivity index is 1.43. The number of carbonyl (C=O) groups is 1. The molecule has 5 aliphatic rings. The molecule has 1 N–H and O–H groups in total. The van der Waals surface area contributed by atoms with E-state index < -0.39 is 34.7 Å². The highest BCUT2D eigenvalue weighted by Gasteiger charge is 2.88. The lowest BCUT2D eigenvalue weighted by atomic mass is 9.40. The fourth-order valence-corrected chi connectivity index (χ4v) is 11.9. The fraction of sp³-hybridized carbons (Fsp3) is 0.614. The summed E-state index contributed by atoms with van der Waals surface area (Å²) in [5.74, 6) is 1.77. The second kappa shape index (κ2) is 13.4. The third-order valence-electron chi connectivity index (χ3n) is 13.8. The molecule has 5 nitrogen and oxygen atoms in total. The topological polar surface area (TPSA) is 65.0 Å². The van der Waals surface area contributed by atoms with Crippen molar-refractivity contribution in [2.45, 2.75) is 98.1 Å². The van der Waals surface area contributed by atoms with Crippen LogP contribution in [0.1, 0.15) is 96.8 Å². The predicted molar refractivity (Wildman–Crippen MR) is 193 cm³/mol. The average molecular weight is 667 g/mol. The molecule has 0 radical (unpaired) electrons. The molecule has 5 heteroatoms. The van der Waals surface area contributed by atoms with E-state index in [1.807, 2.05) is 42.5 Å². The minimum atomic E-state index is -1.09. The van der Waals surface area contributed by atoms with Crippen LogP contribution in [-0.2, 0) is 19.0 Å². The summed E-state index contributed by atoms with van der Waals surface area (Å²) in [7, 11) is 0. The number of rotatable bonds is 13. The van der Waals surface area contributed by atoms with E-state index in [0.717, 1.165) is 55.2 Å². The molecule has 4 aliphatic carbocycles. The summed E-state index contributed by atoms with van der Waals surface area (Å²) in [5.41, 5.74) is 0.558. The molecule has 0 spiro atoms. The van der Waals surface area contributed by atoms with Gasteiger partial charge in [0, 0.05) is 10.8 Å². The summed E-state index contributed by atoms with van der Waals surface area (Å²) in [6, 6.07) is 20.3. The largest absolute Gasteiger partial charge is 0.452 e. The van der Waals surface area contributed by atoms with E-state index >= 15 is 4.79 Å². The molecule has 2 aromatic carbocycles. The van der Waals surface area contributed by atoms with Crippen molar-refractivity contribution in [3.63, 3.8) is 0 Å². The molecule has 7 rings (SSSR count). The Bertz CT molecular complexity index is 1470. The van der Waals surface area contributed by atoms with Gasteiger partial charge in [-0.2, -0.15) is 0 Å². The Labute approximate surface area is 294 Å². The number of aliphatic hydroxyl groups is 1. The number of hydrogen-bond donors (Lipinski definition) is 1. The van der Waals surface area contributed by atoms with Crippen LogP contribution < -0.4 is 0 Å². The Morgan fingerprint density at radius 1 is 0.959 bits per heavy atom. The predicted octanol–water partition coefficient (Wildman–Crippen LogP) is 9.32. The third kappa shape index (κ3) is 5.15. The first-order chi connectivity index (χ1) is 23.6. The van der Waals surface area contributed by atoms with E-state index in [9.17, 15) is 5.11 Å². The van der Waals surface area contributed by atoms with Crippen LogP contribution in [0.15, 0.2) is 85.0 Å². The number of benzene rings is 2. The van der Waals surface area contributed by atoms with E-state index in [4.69, 9.17) is 14.2 Å². The minimum Gasteiger partial charge on any atom is -0.452 e. The fourth-order valence-electron chi connectivity index (χ4n) is 11.9. The molecule has 264 valence electrons. The van der Waals surface area contributed by atoms with E-state index in [0.29, 0.717) is 37.4 Å². The van der Waals surface area contributed by atoms with Crippen molar-refractivity contribution >= 4 is 5.97 Å². The first-order valence-electron chi connectivity index (χ1n) is 19.2. The van der Waals surface area contributed by atoms with Crippen LogP contribution >= 0.6 is 0 Å². The first kappa shape index (κ1) is 34.7. The molecule has 5 unspecified atom stereocenters. The SMILES string of the molecule is C=CC(CCC(C)C)CC(O)C12C[C@@H]3[C@H](C)CC[C@H]3C3(C4OCCO4)CC1C=C(C(C)C)[C@@]23C(=O)OC(c1ccccc1)c1ccccc1. The Kier molecular flexibility index (Phi) is 9.51. The van der Waals surface area contributed by atoms with E-state index in [2.05, 4.69) is 71.5 Å². The molecule has 49 heavy (non-hydrogen) atoms. The summed E-state index contributed by atoms with van der Waals surface area (Å²) in [5, 5.41) is 13.1. The zero-order valence-corrected chi connectivity index (χ0v) is 30.4. The summed E-state index contributed by atoms with van der Waals surface area (Å²) in [6.45, 7) is 16.6. The number of ether oxygens (including phenoxy) is 3. The lowest BCUT2D eigenvalue weighted by Crippen LogP contribution is -2.68. The van der Waals surface area contributed by atoms with Gasteiger partial charge in [-0.05, 0) is 84.7 Å². The van der Waals surface area contributed by atoms with Crippen molar-refractivity contribution in [3.05, 3.63) is 96.1 Å². The summed E-state index contributed by atoms with van der Waals surface area (Å²) >= 11 is 0. The van der Waals surface area contributed by atoms with E-state index in [1.165, 1.54) is 0 Å². The molecular weight excluding hydrogens is 608 g/mol. The molecule has 0 amide bonds. The van der Waals surface area contributed by atoms with Crippen molar-refractivity contribution < 1.29 is 24.1 Å². The van der Waals surface area contributed by atoms with Gasteiger partial charge in [0.1, 0.15) is 5.41 Å². The lowest BCUT2D eigenvalue weighted by molar-refractivity contribution is -0.255. The van der Waals surface area contributed by atoms with Gasteiger partial charge < -0.3 is 19.3 Å². The maximum Gasteiger partial charge on any atom is 0.318 e. The second-order valence-electron chi connectivity index (χ2n) is 16.8. The van der Waals surface area contributed by atoms with Gasteiger partial charge in [0.15, 0.2) is 12.4 Å². The number of hydrogen-bond acceptors (Lipinski definition) is 5. The van der Waals surface area contributed by atoms with Crippen molar-refractivity contribution in [2.24, 2.45) is 57.7 Å². The van der Waals surface area contributed by atoms with Crippen LogP contribution in [0, 0.1) is 57.7 Å².